The van der Waals surface area contributed by atoms with Crippen LogP contribution in [-0.2, 0) is 0 Å². The van der Waals surface area contributed by atoms with Crippen molar-refractivity contribution < 1.29 is 0 Å². The molecule has 0 heteroatoms. The van der Waals surface area contributed by atoms with Crippen molar-refractivity contribution in [1.82, 2.24) is 0 Å². The number of allylic oxidation sites excluding steroid dienone is 22. The predicted molar refractivity (Wildman–Crippen MR) is 186 cm³/mol. The summed E-state index contributed by atoms with van der Waals surface area (Å²) in [6.07, 6.45) is 40.3. The molecule has 0 aromatic rings. The first kappa shape index (κ1) is 37.1. The van der Waals surface area contributed by atoms with Crippen molar-refractivity contribution in [2.75, 3.05) is 0 Å². The first-order valence-corrected chi connectivity index (χ1v) is 15.3. The molecule has 0 aliphatic carbocycles. The average Bonchev–Trinajstić information content (AvgIpc) is 2.86. The summed E-state index contributed by atoms with van der Waals surface area (Å²) in [5.41, 5.74) is 11.1. The summed E-state index contributed by atoms with van der Waals surface area (Å²) in [5, 5.41) is 0. The standard InChI is InChI=1S/C40H60/c1-33(2)19-13-23-37(7)27-17-31-39(9)29-15-25-35(5)21-11-12-22-36(6)26-16-30-40(10)32-18-28-38(8)24-14-20-34(3)4/h11-12,15-16,19-22,25-30H,13-14,17-18,23-24,31-32H2,1-10H3/b12-11+,25-15+,26-16+,35-21+,36-22+,37-27+,38-28+,39-29-,40-30+. The number of hydrogen-bond donors (Lipinski definition) is 0. The Hall–Kier alpha value is -2.86. The fourth-order valence-electron chi connectivity index (χ4n) is 3.89. The summed E-state index contributed by atoms with van der Waals surface area (Å²) in [6, 6.07) is 0. The molecular formula is C40H60. The Morgan fingerprint density at radius 3 is 1.02 bits per heavy atom. The lowest BCUT2D eigenvalue weighted by Gasteiger charge is -2.00. The normalized spacial score (nSPS) is 14.7. The van der Waals surface area contributed by atoms with E-state index < -0.39 is 0 Å². The van der Waals surface area contributed by atoms with E-state index in [0.29, 0.717) is 0 Å². The van der Waals surface area contributed by atoms with Crippen LogP contribution in [0.2, 0.25) is 0 Å². The lowest BCUT2D eigenvalue weighted by Crippen LogP contribution is -1.80. The molecule has 0 heterocycles. The highest BCUT2D eigenvalue weighted by atomic mass is 14.0. The third-order valence-electron chi connectivity index (χ3n) is 6.55. The maximum absolute atomic E-state index is 2.40. The van der Waals surface area contributed by atoms with Crippen molar-refractivity contribution in [3.63, 3.8) is 0 Å². The summed E-state index contributed by atoms with van der Waals surface area (Å²) in [6.45, 7) is 21.9. The highest BCUT2D eigenvalue weighted by Gasteiger charge is 1.92. The number of hydrogen-bond acceptors (Lipinski definition) is 0. The van der Waals surface area contributed by atoms with Crippen molar-refractivity contribution in [3.05, 3.63) is 130 Å². The largest absolute Gasteiger partial charge is 0.0856 e. The minimum atomic E-state index is 1.12. The zero-order valence-corrected chi connectivity index (χ0v) is 27.7. The molecule has 0 radical (unpaired) electrons. The van der Waals surface area contributed by atoms with E-state index in [1.807, 2.05) is 0 Å². The first-order valence-electron chi connectivity index (χ1n) is 15.3. The predicted octanol–water partition coefficient (Wildman–Crippen LogP) is 13.4. The molecule has 0 saturated carbocycles. The monoisotopic (exact) mass is 540 g/mol. The van der Waals surface area contributed by atoms with Crippen LogP contribution in [-0.4, -0.2) is 0 Å². The molecule has 0 aromatic carbocycles. The Bertz CT molecular complexity index is 967. The molecule has 0 amide bonds. The lowest BCUT2D eigenvalue weighted by atomic mass is 10.1. The molecule has 0 spiro atoms. The Kier molecular flexibility index (Phi) is 22.3. The zero-order valence-electron chi connectivity index (χ0n) is 27.7. The van der Waals surface area contributed by atoms with Crippen molar-refractivity contribution in [2.45, 2.75) is 121 Å². The molecule has 0 aliphatic heterocycles. The van der Waals surface area contributed by atoms with Crippen molar-refractivity contribution in [3.8, 4) is 0 Å². The van der Waals surface area contributed by atoms with Crippen molar-refractivity contribution in [1.29, 1.82) is 0 Å². The van der Waals surface area contributed by atoms with E-state index in [1.54, 1.807) is 0 Å². The van der Waals surface area contributed by atoms with Gasteiger partial charge in [0.2, 0.25) is 0 Å². The van der Waals surface area contributed by atoms with E-state index in [0.717, 1.165) is 38.5 Å². The average molecular weight is 541 g/mol. The third kappa shape index (κ3) is 25.4. The summed E-state index contributed by atoms with van der Waals surface area (Å²) < 4.78 is 0. The summed E-state index contributed by atoms with van der Waals surface area (Å²) >= 11 is 0. The molecule has 0 aromatic heterocycles. The summed E-state index contributed by atoms with van der Waals surface area (Å²) in [4.78, 5) is 0. The van der Waals surface area contributed by atoms with Crippen molar-refractivity contribution in [2.24, 2.45) is 0 Å². The topological polar surface area (TPSA) is 0 Å². The molecule has 0 bridgehead atoms. The minimum Gasteiger partial charge on any atom is -0.0856 e. The SMILES string of the molecule is CC(C)=CCC/C(C)=C/CC\C(C)=C/C=C/C(C)=C/C=C/C=C(C)/C=C/C=C(\C)CC/C=C(\C)CCC=C(C)C. The molecule has 0 fully saturated rings. The van der Waals surface area contributed by atoms with Gasteiger partial charge in [0.15, 0.2) is 0 Å². The van der Waals surface area contributed by atoms with Crippen molar-refractivity contribution >= 4 is 0 Å². The molecule has 0 atom stereocenters. The molecule has 0 N–H and O–H groups in total. The second-order valence-electron chi connectivity index (χ2n) is 11.8. The summed E-state index contributed by atoms with van der Waals surface area (Å²) in [5.74, 6) is 0. The van der Waals surface area contributed by atoms with E-state index >= 15 is 0 Å². The van der Waals surface area contributed by atoms with Crippen LogP contribution in [0.4, 0.5) is 0 Å². The zero-order chi connectivity index (χ0) is 30.2. The molecule has 220 valence electrons. The second kappa shape index (κ2) is 24.0. The Labute approximate surface area is 249 Å². The van der Waals surface area contributed by atoms with Gasteiger partial charge in [-0.2, -0.15) is 0 Å². The van der Waals surface area contributed by atoms with Crippen LogP contribution in [0.5, 0.6) is 0 Å². The fraction of sp³-hybridized carbons (Fsp3) is 0.450. The van der Waals surface area contributed by atoms with Gasteiger partial charge in [0.1, 0.15) is 0 Å². The molecule has 0 nitrogen and oxygen atoms in total. The van der Waals surface area contributed by atoms with Gasteiger partial charge in [0.25, 0.3) is 0 Å². The first-order chi connectivity index (χ1) is 19.0. The maximum Gasteiger partial charge on any atom is -0.0285 e. The second-order valence-corrected chi connectivity index (χ2v) is 11.8. The molecule has 0 unspecified atom stereocenters. The van der Waals surface area contributed by atoms with Gasteiger partial charge in [0, 0.05) is 0 Å². The van der Waals surface area contributed by atoms with E-state index in [4.69, 9.17) is 0 Å². The van der Waals surface area contributed by atoms with Gasteiger partial charge < -0.3 is 0 Å². The van der Waals surface area contributed by atoms with Crippen LogP contribution < -0.4 is 0 Å². The molecule has 0 rings (SSSR count). The van der Waals surface area contributed by atoms with Gasteiger partial charge in [-0.15, -0.1) is 0 Å². The Morgan fingerprint density at radius 1 is 0.350 bits per heavy atom. The third-order valence-corrected chi connectivity index (χ3v) is 6.55. The minimum absolute atomic E-state index is 1.12. The Morgan fingerprint density at radius 2 is 0.675 bits per heavy atom. The molecular weight excluding hydrogens is 480 g/mol. The van der Waals surface area contributed by atoms with Crippen LogP contribution in [0, 0.1) is 0 Å². The van der Waals surface area contributed by atoms with E-state index in [9.17, 15) is 0 Å². The maximum atomic E-state index is 2.40. The van der Waals surface area contributed by atoms with Gasteiger partial charge in [-0.1, -0.05) is 130 Å². The van der Waals surface area contributed by atoms with Gasteiger partial charge in [-0.05, 0) is 121 Å². The highest BCUT2D eigenvalue weighted by molar-refractivity contribution is 5.30. The van der Waals surface area contributed by atoms with Crippen LogP contribution in [0.25, 0.3) is 0 Å². The van der Waals surface area contributed by atoms with E-state index in [-0.39, 0.29) is 0 Å². The van der Waals surface area contributed by atoms with Gasteiger partial charge >= 0.3 is 0 Å². The summed E-state index contributed by atoms with van der Waals surface area (Å²) in [7, 11) is 0. The van der Waals surface area contributed by atoms with Gasteiger partial charge in [-0.3, -0.25) is 0 Å². The highest BCUT2D eigenvalue weighted by Crippen LogP contribution is 2.13. The van der Waals surface area contributed by atoms with E-state index in [1.165, 1.54) is 57.4 Å². The Balaban J connectivity index is 4.51. The van der Waals surface area contributed by atoms with Crippen LogP contribution in [0.1, 0.15) is 121 Å². The smallest absolute Gasteiger partial charge is 0.0285 e. The van der Waals surface area contributed by atoms with Crippen LogP contribution in [0.15, 0.2) is 130 Å². The van der Waals surface area contributed by atoms with Crippen LogP contribution >= 0.6 is 0 Å². The molecule has 40 heavy (non-hydrogen) atoms. The lowest BCUT2D eigenvalue weighted by molar-refractivity contribution is 0.918. The number of rotatable bonds is 18. The van der Waals surface area contributed by atoms with E-state index in [2.05, 4.69) is 154 Å². The molecule has 0 aliphatic rings. The van der Waals surface area contributed by atoms with Gasteiger partial charge in [-0.25, -0.2) is 0 Å². The van der Waals surface area contributed by atoms with Crippen LogP contribution in [0.3, 0.4) is 0 Å². The molecule has 0 saturated heterocycles. The fourth-order valence-corrected chi connectivity index (χ4v) is 3.89. The van der Waals surface area contributed by atoms with Gasteiger partial charge in [0.05, 0.1) is 0 Å². The quantitative estimate of drug-likeness (QED) is 0.120.